The number of ether oxygens (including phenoxy) is 13. The Morgan fingerprint density at radius 3 is 1.16 bits per heavy atom. The van der Waals surface area contributed by atoms with Gasteiger partial charge >= 0.3 is 12.1 Å². The minimum absolute atomic E-state index is 0.0168. The Morgan fingerprint density at radius 1 is 0.516 bits per heavy atom. The van der Waals surface area contributed by atoms with Gasteiger partial charge in [-0.15, -0.1) is 0 Å². The van der Waals surface area contributed by atoms with E-state index in [-0.39, 0.29) is 104 Å². The van der Waals surface area contributed by atoms with Crippen molar-refractivity contribution in [3.8, 4) is 11.5 Å². The molecule has 17 heteroatoms. The lowest BCUT2D eigenvalue weighted by atomic mass is 9.77. The van der Waals surface area contributed by atoms with Crippen LogP contribution in [0.4, 0.5) is 13.2 Å². The van der Waals surface area contributed by atoms with Crippen LogP contribution < -0.4 is 9.47 Å². The maximum Gasteiger partial charge on any atom is 0.416 e. The highest BCUT2D eigenvalue weighted by Gasteiger charge is 2.51. The zero-order valence-electron chi connectivity index (χ0n) is 36.0. The third-order valence-corrected chi connectivity index (χ3v) is 10.2. The maximum absolute atomic E-state index is 14.3. The van der Waals surface area contributed by atoms with Crippen LogP contribution in [0.15, 0.2) is 67.8 Å². The second-order valence-corrected chi connectivity index (χ2v) is 14.7. The second kappa shape index (κ2) is 25.3. The van der Waals surface area contributed by atoms with E-state index >= 15 is 0 Å². The van der Waals surface area contributed by atoms with Crippen molar-refractivity contribution in [3.05, 3.63) is 118 Å². The number of cyclic esters (lactones) is 1. The van der Waals surface area contributed by atoms with Crippen LogP contribution in [0.5, 0.6) is 11.5 Å². The van der Waals surface area contributed by atoms with Crippen LogP contribution in [0.2, 0.25) is 0 Å². The molecule has 3 heterocycles. The quantitative estimate of drug-likeness (QED) is 0.180. The van der Waals surface area contributed by atoms with Gasteiger partial charge in [0, 0.05) is 38.9 Å². The number of hydrogen-bond donors (Lipinski definition) is 0. The van der Waals surface area contributed by atoms with E-state index in [0.717, 1.165) is 12.1 Å². The number of halogens is 3. The predicted molar refractivity (Wildman–Crippen MR) is 225 cm³/mol. The molecular weight excluding hydrogens is 845 g/mol. The van der Waals surface area contributed by atoms with E-state index in [2.05, 4.69) is 13.2 Å². The molecule has 0 amide bonds. The molecule has 3 aromatic rings. The van der Waals surface area contributed by atoms with Gasteiger partial charge in [-0.05, 0) is 36.4 Å². The van der Waals surface area contributed by atoms with Crippen molar-refractivity contribution in [2.75, 3.05) is 119 Å². The highest BCUT2D eigenvalue weighted by Crippen LogP contribution is 2.51. The molecule has 350 valence electrons. The van der Waals surface area contributed by atoms with E-state index in [1.807, 2.05) is 0 Å². The van der Waals surface area contributed by atoms with Crippen LogP contribution in [0.25, 0.3) is 0 Å². The fourth-order valence-electron chi connectivity index (χ4n) is 7.32. The average molecular weight is 903 g/mol. The molecule has 64 heavy (non-hydrogen) atoms. The summed E-state index contributed by atoms with van der Waals surface area (Å²) >= 11 is 0. The molecule has 3 aliphatic rings. The molecule has 4 bridgehead atoms. The second-order valence-electron chi connectivity index (χ2n) is 14.7. The summed E-state index contributed by atoms with van der Waals surface area (Å²) in [6.45, 7) is 12.9. The number of fused-ring (bicyclic) bond motifs is 5. The minimum atomic E-state index is -4.74. The van der Waals surface area contributed by atoms with E-state index in [1.165, 1.54) is 6.07 Å². The molecule has 6 rings (SSSR count). The largest absolute Gasteiger partial charge is 0.489 e. The summed E-state index contributed by atoms with van der Waals surface area (Å²) in [7, 11) is 0. The lowest BCUT2D eigenvalue weighted by Gasteiger charge is -2.33. The molecule has 0 aliphatic carbocycles. The normalized spacial score (nSPS) is 19.4. The van der Waals surface area contributed by atoms with Crippen LogP contribution >= 0.6 is 0 Å². The fourth-order valence-corrected chi connectivity index (χ4v) is 7.32. The Morgan fingerprint density at radius 2 is 0.844 bits per heavy atom. The van der Waals surface area contributed by atoms with Gasteiger partial charge in [0.2, 0.25) is 0 Å². The van der Waals surface area contributed by atoms with Gasteiger partial charge in [0.1, 0.15) is 24.7 Å². The molecule has 0 atom stereocenters. The molecule has 0 aromatic heterocycles. The molecule has 14 nitrogen and oxygen atoms in total. The smallest absolute Gasteiger partial charge is 0.416 e. The van der Waals surface area contributed by atoms with E-state index in [0.29, 0.717) is 97.7 Å². The van der Waals surface area contributed by atoms with Gasteiger partial charge in [0.15, 0.2) is 5.60 Å². The molecule has 0 N–H and O–H groups in total. The molecule has 3 aliphatic heterocycles. The summed E-state index contributed by atoms with van der Waals surface area (Å²) in [5.41, 5.74) is 0.0485. The van der Waals surface area contributed by atoms with Crippen molar-refractivity contribution in [3.63, 3.8) is 0 Å². The highest BCUT2D eigenvalue weighted by molar-refractivity contribution is 5.96. The number of esters is 1. The zero-order valence-corrected chi connectivity index (χ0v) is 36.0. The van der Waals surface area contributed by atoms with Crippen LogP contribution in [-0.4, -0.2) is 125 Å². The molecule has 3 aromatic carbocycles. The lowest BCUT2D eigenvalue weighted by Crippen LogP contribution is -2.31. The molecule has 0 saturated heterocycles. The first-order chi connectivity index (χ1) is 31.3. The van der Waals surface area contributed by atoms with Gasteiger partial charge in [-0.2, -0.15) is 13.2 Å². The van der Waals surface area contributed by atoms with Crippen LogP contribution in [0, 0.1) is 0 Å². The monoisotopic (exact) mass is 902 g/mol. The van der Waals surface area contributed by atoms with Crippen molar-refractivity contribution in [2.45, 2.75) is 38.2 Å². The topological polar surface area (TPSA) is 137 Å². The standard InChI is InChI=1S/C47H57F3O14/c1-3-7-62-43-34-25-39(26-35(43)31-59-22-18-55-14-10-52-9-13-54-17-21-58-30-34)46(42-6-5-38(47(48,49)50)29-41(42)45(51)64-46)40-27-36-32-60-23-19-56-15-11-53-12-16-57-20-24-61-33-37(28-40)44(36)63-8-4-2/h3-6,25-29H,1-2,7-24,30-33H2. The van der Waals surface area contributed by atoms with Gasteiger partial charge in [0.25, 0.3) is 0 Å². The van der Waals surface area contributed by atoms with E-state index in [4.69, 9.17) is 61.6 Å². The number of carbonyl (C=O) groups is 1. The van der Waals surface area contributed by atoms with Crippen molar-refractivity contribution in [2.24, 2.45) is 0 Å². The Labute approximate surface area is 371 Å². The molecular formula is C47H57F3O14. The molecule has 0 radical (unpaired) electrons. The Balaban J connectivity index is 1.55. The maximum atomic E-state index is 14.3. The Bertz CT molecular complexity index is 1800. The number of alkyl halides is 3. The first kappa shape index (κ1) is 49.0. The number of carbonyl (C=O) groups excluding carboxylic acids is 1. The predicted octanol–water partition coefficient (Wildman–Crippen LogP) is 6.49. The SMILES string of the molecule is C=CCOc1c2cc(C3(c4cc5c(OCC=C)c(c4)COCCOCCOCCOCCOC5)OC(=O)c4cc(C(F)(F)F)ccc43)cc1COCCOCCOCCOCCOC2. The van der Waals surface area contributed by atoms with E-state index < -0.39 is 23.3 Å². The van der Waals surface area contributed by atoms with Gasteiger partial charge in [-0.25, -0.2) is 4.79 Å². The van der Waals surface area contributed by atoms with Crippen molar-refractivity contribution in [1.29, 1.82) is 0 Å². The Kier molecular flexibility index (Phi) is 19.4. The van der Waals surface area contributed by atoms with Gasteiger partial charge in [-0.3, -0.25) is 0 Å². The zero-order chi connectivity index (χ0) is 45.0. The highest BCUT2D eigenvalue weighted by atomic mass is 19.4. The lowest BCUT2D eigenvalue weighted by molar-refractivity contribution is -0.137. The first-order valence-corrected chi connectivity index (χ1v) is 21.3. The summed E-state index contributed by atoms with van der Waals surface area (Å²) in [6, 6.07) is 10.1. The number of benzene rings is 3. The van der Waals surface area contributed by atoms with Crippen molar-refractivity contribution < 1.29 is 79.5 Å². The summed E-state index contributed by atoms with van der Waals surface area (Å²) in [5, 5.41) is 0. The number of hydrogen-bond acceptors (Lipinski definition) is 14. The molecule has 0 unspecified atom stereocenters. The minimum Gasteiger partial charge on any atom is -0.489 e. The number of rotatable bonds is 8. The third-order valence-electron chi connectivity index (χ3n) is 10.2. The molecule has 0 fully saturated rings. The average Bonchev–Trinajstić information content (AvgIpc) is 3.59. The van der Waals surface area contributed by atoms with Gasteiger partial charge in [0.05, 0.1) is 143 Å². The van der Waals surface area contributed by atoms with E-state index in [9.17, 15) is 18.0 Å². The van der Waals surface area contributed by atoms with Crippen LogP contribution in [-0.2, 0) is 90.3 Å². The summed E-state index contributed by atoms with van der Waals surface area (Å²) < 4.78 is 120. The van der Waals surface area contributed by atoms with Crippen molar-refractivity contribution in [1.82, 2.24) is 0 Å². The van der Waals surface area contributed by atoms with Crippen LogP contribution in [0.1, 0.15) is 54.9 Å². The first-order valence-electron chi connectivity index (χ1n) is 21.3. The van der Waals surface area contributed by atoms with Crippen LogP contribution in [0.3, 0.4) is 0 Å². The summed E-state index contributed by atoms with van der Waals surface area (Å²) in [6.07, 6.45) is -1.53. The van der Waals surface area contributed by atoms with Gasteiger partial charge in [-0.1, -0.05) is 31.4 Å². The van der Waals surface area contributed by atoms with E-state index in [1.54, 1.807) is 36.4 Å². The van der Waals surface area contributed by atoms with Crippen molar-refractivity contribution >= 4 is 5.97 Å². The Hall–Kier alpha value is -4.40. The molecule has 0 spiro atoms. The van der Waals surface area contributed by atoms with Gasteiger partial charge < -0.3 is 61.6 Å². The summed E-state index contributed by atoms with van der Waals surface area (Å²) in [4.78, 5) is 14.2. The third kappa shape index (κ3) is 13.3. The molecule has 0 saturated carbocycles. The summed E-state index contributed by atoms with van der Waals surface area (Å²) in [5.74, 6) is -0.0658. The fraction of sp³-hybridized carbons (Fsp3) is 0.511.